The van der Waals surface area contributed by atoms with Crippen molar-refractivity contribution in [1.29, 1.82) is 0 Å². The fraction of sp³-hybridized carbons (Fsp3) is 0.333. The Bertz CT molecular complexity index is 717. The van der Waals surface area contributed by atoms with E-state index in [4.69, 9.17) is 0 Å². The largest absolute Gasteiger partial charge is 0.508 e. The van der Waals surface area contributed by atoms with E-state index in [1.54, 1.807) is 0 Å². The monoisotopic (exact) mass is 387 g/mol. The molecule has 1 aliphatic heterocycles. The molecule has 128 valence electrons. The smallest absolute Gasteiger partial charge is 0.120 e. The van der Waals surface area contributed by atoms with Crippen molar-refractivity contribution in [2.24, 2.45) is 5.92 Å². The minimum atomic E-state index is -0.294. The first kappa shape index (κ1) is 18.6. The van der Waals surface area contributed by atoms with E-state index >= 15 is 0 Å². The summed E-state index contributed by atoms with van der Waals surface area (Å²) in [6, 6.07) is 5.92. The van der Waals surface area contributed by atoms with E-state index in [1.165, 1.54) is 11.1 Å². The number of allylic oxidation sites excluding steroid dienone is 6. The number of benzene rings is 1. The second kappa shape index (κ2) is 7.43. The van der Waals surface area contributed by atoms with Crippen molar-refractivity contribution in [3.8, 4) is 5.75 Å². The van der Waals surface area contributed by atoms with Gasteiger partial charge >= 0.3 is 0 Å². The molecule has 2 atom stereocenters. The van der Waals surface area contributed by atoms with Gasteiger partial charge in [0.1, 0.15) is 5.75 Å². The Hall–Kier alpha value is -1.74. The fourth-order valence-electron chi connectivity index (χ4n) is 3.76. The maximum atomic E-state index is 10.6. The second-order valence-corrected chi connectivity index (χ2v) is 6.56. The number of phenolic OH excluding ortho intramolecular Hbond substituents is 1. The van der Waals surface area contributed by atoms with Gasteiger partial charge in [-0.25, -0.2) is 0 Å². The molecule has 1 heterocycles. The van der Waals surface area contributed by atoms with Gasteiger partial charge in [0.15, 0.2) is 0 Å². The van der Waals surface area contributed by atoms with Crippen LogP contribution >= 0.6 is 17.0 Å². The highest BCUT2D eigenvalue weighted by Crippen LogP contribution is 2.49. The number of halogens is 1. The summed E-state index contributed by atoms with van der Waals surface area (Å²) in [4.78, 5) is 2.16. The summed E-state index contributed by atoms with van der Waals surface area (Å²) in [5.41, 5.74) is 3.15. The second-order valence-electron chi connectivity index (χ2n) is 6.56. The molecule has 0 aromatic heterocycles. The number of hydrogen-bond donors (Lipinski definition) is 1. The van der Waals surface area contributed by atoms with Crippen molar-refractivity contribution in [3.63, 3.8) is 0 Å². The zero-order chi connectivity index (χ0) is 16.4. The highest BCUT2D eigenvalue weighted by molar-refractivity contribution is 8.93. The lowest BCUT2D eigenvalue weighted by atomic mass is 9.62. The third kappa shape index (κ3) is 3.10. The van der Waals surface area contributed by atoms with E-state index in [1.807, 2.05) is 12.1 Å². The Morgan fingerprint density at radius 1 is 1.29 bits per heavy atom. The number of phenols is 1. The van der Waals surface area contributed by atoms with Gasteiger partial charge in [0.05, 0.1) is 0 Å². The molecule has 1 aliphatic carbocycles. The zero-order valence-corrected chi connectivity index (χ0v) is 16.3. The van der Waals surface area contributed by atoms with Crippen LogP contribution in [0.3, 0.4) is 0 Å². The summed E-state index contributed by atoms with van der Waals surface area (Å²) in [6.45, 7) is 5.20. The minimum Gasteiger partial charge on any atom is -0.508 e. The van der Waals surface area contributed by atoms with Crippen LogP contribution in [0.5, 0.6) is 5.75 Å². The van der Waals surface area contributed by atoms with Gasteiger partial charge in [0.2, 0.25) is 0 Å². The molecule has 24 heavy (non-hydrogen) atoms. The first-order chi connectivity index (χ1) is 11.1. The SMILES string of the molecule is Br.CCC1C=CC=CC1(C1=CCN(C)C=C1)c1cc(C)ccc1O. The molecule has 2 nitrogen and oxygen atoms in total. The molecule has 0 fully saturated rings. The standard InChI is InChI=1S/C21H25NO.BrH/c1-4-17-7-5-6-12-21(17,18-10-13-22(3)14-11-18)19-15-16(2)8-9-20(19)23;/h5-13,15,17,23H,4,14H2,1-3H3;1H. The third-order valence-electron chi connectivity index (χ3n) is 5.02. The molecule has 0 amide bonds. The van der Waals surface area contributed by atoms with Crippen LogP contribution in [0.25, 0.3) is 0 Å². The lowest BCUT2D eigenvalue weighted by Gasteiger charge is -2.42. The number of nitrogens with zero attached hydrogens (tertiary/aromatic N) is 1. The summed E-state index contributed by atoms with van der Waals surface area (Å²) in [5, 5.41) is 10.6. The third-order valence-corrected chi connectivity index (χ3v) is 5.02. The van der Waals surface area contributed by atoms with Crippen molar-refractivity contribution < 1.29 is 5.11 Å². The van der Waals surface area contributed by atoms with Gasteiger partial charge in [-0.05, 0) is 43.2 Å². The lowest BCUT2D eigenvalue weighted by Crippen LogP contribution is -2.36. The summed E-state index contributed by atoms with van der Waals surface area (Å²) in [7, 11) is 2.08. The Labute approximate surface area is 155 Å². The van der Waals surface area contributed by atoms with Crippen LogP contribution in [0.2, 0.25) is 0 Å². The lowest BCUT2D eigenvalue weighted by molar-refractivity contribution is 0.399. The van der Waals surface area contributed by atoms with Gasteiger partial charge in [0.25, 0.3) is 0 Å². The van der Waals surface area contributed by atoms with Gasteiger partial charge in [-0.1, -0.05) is 55.0 Å². The number of aromatic hydroxyl groups is 1. The van der Waals surface area contributed by atoms with Crippen LogP contribution in [0, 0.1) is 12.8 Å². The highest BCUT2D eigenvalue weighted by Gasteiger charge is 2.41. The fourth-order valence-corrected chi connectivity index (χ4v) is 3.76. The first-order valence-electron chi connectivity index (χ1n) is 8.33. The topological polar surface area (TPSA) is 23.5 Å². The summed E-state index contributed by atoms with van der Waals surface area (Å²) in [6.07, 6.45) is 16.4. The molecule has 0 saturated heterocycles. The molecule has 0 saturated carbocycles. The predicted molar refractivity (Wildman–Crippen MR) is 107 cm³/mol. The Morgan fingerprint density at radius 2 is 2.08 bits per heavy atom. The number of aryl methyl sites for hydroxylation is 1. The number of likely N-dealkylation sites (N-methyl/N-ethyl adjacent to an activating group) is 1. The maximum Gasteiger partial charge on any atom is 0.120 e. The highest BCUT2D eigenvalue weighted by atomic mass is 79.9. The average Bonchev–Trinajstić information content (AvgIpc) is 2.57. The van der Waals surface area contributed by atoms with E-state index in [2.05, 4.69) is 74.5 Å². The number of hydrogen-bond acceptors (Lipinski definition) is 2. The van der Waals surface area contributed by atoms with Crippen molar-refractivity contribution in [2.45, 2.75) is 25.7 Å². The van der Waals surface area contributed by atoms with Crippen LogP contribution in [-0.2, 0) is 5.41 Å². The Kier molecular flexibility index (Phi) is 5.76. The summed E-state index contributed by atoms with van der Waals surface area (Å²) in [5.74, 6) is 0.710. The molecule has 0 spiro atoms. The van der Waals surface area contributed by atoms with Gasteiger partial charge in [0, 0.05) is 24.6 Å². The van der Waals surface area contributed by atoms with Crippen molar-refractivity contribution >= 4 is 17.0 Å². The van der Waals surface area contributed by atoms with Crippen molar-refractivity contribution in [3.05, 3.63) is 77.6 Å². The predicted octanol–water partition coefficient (Wildman–Crippen LogP) is 5.05. The average molecular weight is 388 g/mol. The minimum absolute atomic E-state index is 0. The molecule has 1 N–H and O–H groups in total. The van der Waals surface area contributed by atoms with E-state index in [0.29, 0.717) is 11.7 Å². The first-order valence-corrected chi connectivity index (χ1v) is 8.33. The molecule has 2 aliphatic rings. The zero-order valence-electron chi connectivity index (χ0n) is 14.6. The van der Waals surface area contributed by atoms with Crippen molar-refractivity contribution in [1.82, 2.24) is 4.90 Å². The summed E-state index contributed by atoms with van der Waals surface area (Å²) >= 11 is 0. The Balaban J connectivity index is 0.00000208. The van der Waals surface area contributed by atoms with Gasteiger partial charge in [-0.3, -0.25) is 0 Å². The summed E-state index contributed by atoms with van der Waals surface area (Å²) < 4.78 is 0. The molecule has 3 rings (SSSR count). The Morgan fingerprint density at radius 3 is 2.75 bits per heavy atom. The van der Waals surface area contributed by atoms with Crippen LogP contribution in [0.15, 0.2) is 66.4 Å². The number of rotatable bonds is 3. The van der Waals surface area contributed by atoms with E-state index < -0.39 is 0 Å². The van der Waals surface area contributed by atoms with E-state index in [9.17, 15) is 5.11 Å². The van der Waals surface area contributed by atoms with E-state index in [0.717, 1.165) is 18.5 Å². The molecule has 1 aromatic rings. The van der Waals surface area contributed by atoms with Crippen LogP contribution in [-0.4, -0.2) is 23.6 Å². The molecule has 0 radical (unpaired) electrons. The molecule has 1 aromatic carbocycles. The maximum absolute atomic E-state index is 10.6. The molecule has 3 heteroatoms. The van der Waals surface area contributed by atoms with E-state index in [-0.39, 0.29) is 22.4 Å². The van der Waals surface area contributed by atoms with Crippen LogP contribution in [0.1, 0.15) is 24.5 Å². The van der Waals surface area contributed by atoms with Crippen LogP contribution in [0.4, 0.5) is 0 Å². The van der Waals surface area contributed by atoms with Crippen molar-refractivity contribution in [2.75, 3.05) is 13.6 Å². The van der Waals surface area contributed by atoms with Gasteiger partial charge < -0.3 is 10.0 Å². The normalized spacial score (nSPS) is 25.4. The molecule has 0 bridgehead atoms. The molecular weight excluding hydrogens is 362 g/mol. The van der Waals surface area contributed by atoms with Gasteiger partial charge in [-0.2, -0.15) is 0 Å². The van der Waals surface area contributed by atoms with Crippen LogP contribution < -0.4 is 0 Å². The molecule has 2 unspecified atom stereocenters. The van der Waals surface area contributed by atoms with Gasteiger partial charge in [-0.15, -0.1) is 17.0 Å². The molecular formula is C21H26BrNO. The quantitative estimate of drug-likeness (QED) is 0.783.